The van der Waals surface area contributed by atoms with Crippen molar-refractivity contribution < 1.29 is 14.0 Å². The Morgan fingerprint density at radius 3 is 1.95 bits per heavy atom. The summed E-state index contributed by atoms with van der Waals surface area (Å²) < 4.78 is 7.22. The Hall–Kier alpha value is -0.626. The van der Waals surface area contributed by atoms with Crippen LogP contribution in [-0.2, 0) is 14.0 Å². The van der Waals surface area contributed by atoms with E-state index in [-0.39, 0.29) is 18.4 Å². The van der Waals surface area contributed by atoms with Crippen molar-refractivity contribution in [3.8, 4) is 0 Å². The van der Waals surface area contributed by atoms with Gasteiger partial charge in [-0.25, -0.2) is 0 Å². The summed E-state index contributed by atoms with van der Waals surface area (Å²) >= 11 is 0. The smallest absolute Gasteiger partial charge is 0.311 e. The van der Waals surface area contributed by atoms with Crippen LogP contribution in [0, 0.1) is 0 Å². The topological polar surface area (TPSA) is 46.6 Å². The number of unbranched alkanes of at least 4 members (excludes halogenated alkanes) is 1. The van der Waals surface area contributed by atoms with Crippen molar-refractivity contribution >= 4 is 28.4 Å². The van der Waals surface area contributed by atoms with Gasteiger partial charge in [-0.1, -0.05) is 33.0 Å². The molecule has 0 aliphatic carbocycles. The maximum Gasteiger partial charge on any atom is 0.311 e. The van der Waals surface area contributed by atoms with E-state index < -0.39 is 16.6 Å². The lowest BCUT2D eigenvalue weighted by atomic mass is 10.2. The van der Waals surface area contributed by atoms with Gasteiger partial charge < -0.3 is 8.99 Å². The van der Waals surface area contributed by atoms with Gasteiger partial charge in [0.05, 0.1) is 0 Å². The maximum absolute atomic E-state index is 12.2. The zero-order chi connectivity index (χ0) is 15.3. The second kappa shape index (κ2) is 7.23. The zero-order valence-electron chi connectivity index (χ0n) is 13.5. The number of carbonyl (C=O) groups excluding carboxylic acids is 2. The second-order valence-electron chi connectivity index (χ2n) is 6.84. The van der Waals surface area contributed by atoms with Crippen molar-refractivity contribution in [2.45, 2.75) is 65.5 Å². The minimum atomic E-state index is -1.88. The first kappa shape index (κ1) is 18.4. The molecule has 0 unspecified atom stereocenters. The quantitative estimate of drug-likeness (QED) is 0.678. The maximum atomic E-state index is 12.2. The number of nitrogens with zero attached hydrogens (tertiary/aromatic N) is 1. The van der Waals surface area contributed by atoms with Gasteiger partial charge in [0.25, 0.3) is 0 Å². The highest BCUT2D eigenvalue weighted by Gasteiger charge is 2.31. The molecule has 0 aliphatic heterocycles. The monoisotopic (exact) mass is 303 g/mol. The number of amides is 1. The molecular weight excluding hydrogens is 274 g/mol. The van der Waals surface area contributed by atoms with E-state index >= 15 is 0 Å². The van der Waals surface area contributed by atoms with E-state index in [0.29, 0.717) is 6.42 Å². The fraction of sp³-hybridized carbons (Fsp3) is 0.846. The van der Waals surface area contributed by atoms with Crippen molar-refractivity contribution in [3.05, 3.63) is 0 Å². The molecule has 0 radical (unpaired) electrons. The van der Waals surface area contributed by atoms with Crippen molar-refractivity contribution in [2.24, 2.45) is 0 Å². The van der Waals surface area contributed by atoms with E-state index in [2.05, 4.69) is 26.6 Å². The molecule has 0 aromatic heterocycles. The minimum Gasteiger partial charge on any atom is -0.519 e. The van der Waals surface area contributed by atoms with E-state index in [1.807, 2.05) is 19.6 Å². The van der Waals surface area contributed by atoms with Gasteiger partial charge in [-0.15, -0.1) is 0 Å². The summed E-state index contributed by atoms with van der Waals surface area (Å²) in [6.45, 7) is 14.3. The highest BCUT2D eigenvalue weighted by atomic mass is 28.4. The third kappa shape index (κ3) is 8.20. The van der Waals surface area contributed by atoms with Crippen LogP contribution >= 0.6 is 0 Å². The van der Waals surface area contributed by atoms with Gasteiger partial charge in [0, 0.05) is 6.42 Å². The molecule has 0 aromatic carbocycles. The van der Waals surface area contributed by atoms with Gasteiger partial charge in [0.2, 0.25) is 14.2 Å². The SMILES string of the molecule is CCCCC(=O)N(CC(=O)O[Si](C)(C)C)[Si](C)(C)C. The van der Waals surface area contributed by atoms with Crippen LogP contribution in [0.3, 0.4) is 0 Å². The molecule has 0 saturated carbocycles. The van der Waals surface area contributed by atoms with Crippen LogP contribution in [-0.4, -0.2) is 39.5 Å². The Kier molecular flexibility index (Phi) is 7.00. The molecule has 6 heteroatoms. The summed E-state index contributed by atoms with van der Waals surface area (Å²) in [7, 11) is -3.72. The molecule has 0 spiro atoms. The third-order valence-electron chi connectivity index (χ3n) is 2.56. The Balaban J connectivity index is 4.71. The molecule has 19 heavy (non-hydrogen) atoms. The molecule has 0 heterocycles. The van der Waals surface area contributed by atoms with Gasteiger partial charge in [-0.2, -0.15) is 0 Å². The molecule has 0 atom stereocenters. The normalized spacial score (nSPS) is 12.2. The Bertz CT molecular complexity index is 319. The average Bonchev–Trinajstić information content (AvgIpc) is 2.18. The van der Waals surface area contributed by atoms with Crippen LogP contribution in [0.15, 0.2) is 0 Å². The Morgan fingerprint density at radius 1 is 1.05 bits per heavy atom. The number of hydrogen-bond donors (Lipinski definition) is 0. The average molecular weight is 304 g/mol. The van der Waals surface area contributed by atoms with E-state index in [1.165, 1.54) is 0 Å². The molecule has 0 aromatic rings. The number of hydrogen-bond acceptors (Lipinski definition) is 3. The first-order valence-corrected chi connectivity index (χ1v) is 13.8. The molecule has 0 rings (SSSR count). The third-order valence-corrected chi connectivity index (χ3v) is 5.43. The van der Waals surface area contributed by atoms with Crippen LogP contribution in [0.25, 0.3) is 0 Å². The second-order valence-corrected chi connectivity index (χ2v) is 16.2. The largest absolute Gasteiger partial charge is 0.519 e. The fourth-order valence-corrected chi connectivity index (χ4v) is 3.88. The van der Waals surface area contributed by atoms with E-state index in [4.69, 9.17) is 4.43 Å². The van der Waals surface area contributed by atoms with Gasteiger partial charge in [0.1, 0.15) is 6.54 Å². The predicted octanol–water partition coefficient (Wildman–Crippen LogP) is 3.22. The van der Waals surface area contributed by atoms with Crippen LogP contribution in [0.1, 0.15) is 26.2 Å². The summed E-state index contributed by atoms with van der Waals surface area (Å²) in [6, 6.07) is 0. The molecule has 0 bridgehead atoms. The van der Waals surface area contributed by atoms with Gasteiger partial charge >= 0.3 is 5.97 Å². The molecule has 0 saturated heterocycles. The fourth-order valence-electron chi connectivity index (χ4n) is 1.67. The summed E-state index contributed by atoms with van der Waals surface area (Å²) in [5, 5.41) is 0. The van der Waals surface area contributed by atoms with Crippen molar-refractivity contribution in [1.82, 2.24) is 4.57 Å². The molecule has 112 valence electrons. The first-order valence-electron chi connectivity index (χ1n) is 6.99. The van der Waals surface area contributed by atoms with Gasteiger partial charge in [0.15, 0.2) is 8.24 Å². The van der Waals surface area contributed by atoms with E-state index in [9.17, 15) is 9.59 Å². The standard InChI is InChI=1S/C13H29NO3Si2/c1-8-9-10-12(15)14(18(2,3)4)11-13(16)17-19(5,6)7/h8-11H2,1-7H3. The van der Waals surface area contributed by atoms with Crippen molar-refractivity contribution in [2.75, 3.05) is 6.54 Å². The molecule has 0 N–H and O–H groups in total. The minimum absolute atomic E-state index is 0.0912. The summed E-state index contributed by atoms with van der Waals surface area (Å²) in [5.41, 5.74) is 0. The van der Waals surface area contributed by atoms with E-state index in [1.54, 1.807) is 4.57 Å². The first-order chi connectivity index (χ1) is 8.47. The van der Waals surface area contributed by atoms with Crippen LogP contribution < -0.4 is 0 Å². The lowest BCUT2D eigenvalue weighted by molar-refractivity contribution is -0.140. The highest BCUT2D eigenvalue weighted by Crippen LogP contribution is 2.14. The summed E-state index contributed by atoms with van der Waals surface area (Å²) in [6.07, 6.45) is 2.40. The molecule has 0 fully saturated rings. The van der Waals surface area contributed by atoms with Crippen molar-refractivity contribution in [1.29, 1.82) is 0 Å². The lowest BCUT2D eigenvalue weighted by Crippen LogP contribution is -2.53. The molecular formula is C13H29NO3Si2. The zero-order valence-corrected chi connectivity index (χ0v) is 15.5. The van der Waals surface area contributed by atoms with Gasteiger partial charge in [-0.3, -0.25) is 9.59 Å². The van der Waals surface area contributed by atoms with Crippen LogP contribution in [0.2, 0.25) is 39.3 Å². The summed E-state index contributed by atoms with van der Waals surface area (Å²) in [4.78, 5) is 24.1. The lowest BCUT2D eigenvalue weighted by Gasteiger charge is -2.34. The molecule has 0 aliphatic rings. The van der Waals surface area contributed by atoms with E-state index in [0.717, 1.165) is 12.8 Å². The number of rotatable bonds is 7. The van der Waals surface area contributed by atoms with Crippen LogP contribution in [0.5, 0.6) is 0 Å². The summed E-state index contributed by atoms with van der Waals surface area (Å²) in [5.74, 6) is -0.167. The molecule has 4 nitrogen and oxygen atoms in total. The Morgan fingerprint density at radius 2 is 1.58 bits per heavy atom. The number of carbonyl (C=O) groups is 2. The molecule has 1 amide bonds. The highest BCUT2D eigenvalue weighted by molar-refractivity contribution is 6.75. The predicted molar refractivity (Wildman–Crippen MR) is 84.0 cm³/mol. The Labute approximate surface area is 119 Å². The van der Waals surface area contributed by atoms with Crippen molar-refractivity contribution in [3.63, 3.8) is 0 Å². The van der Waals surface area contributed by atoms with Gasteiger partial charge in [-0.05, 0) is 26.1 Å². The van der Waals surface area contributed by atoms with Crippen LogP contribution in [0.4, 0.5) is 0 Å².